The Balaban J connectivity index is 2.30. The molecule has 0 atom stereocenters. The van der Waals surface area contributed by atoms with Gasteiger partial charge in [-0.2, -0.15) is 5.10 Å². The van der Waals surface area contributed by atoms with Gasteiger partial charge in [0.15, 0.2) is 11.4 Å². The molecule has 0 bridgehead atoms. The van der Waals surface area contributed by atoms with Gasteiger partial charge in [0.2, 0.25) is 0 Å². The zero-order valence-corrected chi connectivity index (χ0v) is 11.8. The van der Waals surface area contributed by atoms with Crippen LogP contribution >= 0.6 is 11.3 Å². The van der Waals surface area contributed by atoms with Crippen LogP contribution in [0.25, 0.3) is 16.2 Å². The van der Waals surface area contributed by atoms with Crippen molar-refractivity contribution in [2.45, 2.75) is 20.8 Å². The molecule has 4 nitrogen and oxygen atoms in total. The minimum Gasteiger partial charge on any atom is -0.294 e. The standard InChI is InChI=1S/C14H13N3OS/c1-8-9(2)16-13-6-7-15-17(13)14(8)12-5-4-11(19-12)10(3)18/h4-7H,1-3H3. The number of thiophene rings is 1. The third-order valence-corrected chi connectivity index (χ3v) is 4.39. The predicted octanol–water partition coefficient (Wildman–Crippen LogP) is 3.28. The first-order chi connectivity index (χ1) is 9.08. The summed E-state index contributed by atoms with van der Waals surface area (Å²) in [5, 5.41) is 4.33. The van der Waals surface area contributed by atoms with Gasteiger partial charge >= 0.3 is 0 Å². The van der Waals surface area contributed by atoms with E-state index in [9.17, 15) is 4.79 Å². The van der Waals surface area contributed by atoms with Crippen LogP contribution in [0.1, 0.15) is 27.9 Å². The molecule has 0 saturated carbocycles. The Hall–Kier alpha value is -2.01. The fourth-order valence-corrected chi connectivity index (χ4v) is 3.07. The Morgan fingerprint density at radius 2 is 2.05 bits per heavy atom. The number of hydrogen-bond donors (Lipinski definition) is 0. The lowest BCUT2D eigenvalue weighted by molar-refractivity contribution is 0.102. The summed E-state index contributed by atoms with van der Waals surface area (Å²) in [4.78, 5) is 17.7. The van der Waals surface area contributed by atoms with Crippen LogP contribution in [-0.2, 0) is 0 Å². The van der Waals surface area contributed by atoms with Crippen LogP contribution in [0.4, 0.5) is 0 Å². The number of ketones is 1. The van der Waals surface area contributed by atoms with E-state index in [4.69, 9.17) is 0 Å². The first-order valence-corrected chi connectivity index (χ1v) is 6.81. The molecule has 0 amide bonds. The van der Waals surface area contributed by atoms with Crippen LogP contribution in [0.15, 0.2) is 24.4 Å². The summed E-state index contributed by atoms with van der Waals surface area (Å²) in [5.41, 5.74) is 3.93. The number of nitrogens with zero attached hydrogens (tertiary/aromatic N) is 3. The largest absolute Gasteiger partial charge is 0.294 e. The summed E-state index contributed by atoms with van der Waals surface area (Å²) in [7, 11) is 0. The van der Waals surface area contributed by atoms with Gasteiger partial charge in [-0.3, -0.25) is 4.79 Å². The van der Waals surface area contributed by atoms with Gasteiger partial charge in [-0.1, -0.05) is 0 Å². The second kappa shape index (κ2) is 4.28. The molecule has 3 rings (SSSR count). The van der Waals surface area contributed by atoms with Crippen LogP contribution in [0, 0.1) is 13.8 Å². The normalized spacial score (nSPS) is 11.1. The highest BCUT2D eigenvalue weighted by Crippen LogP contribution is 2.31. The molecule has 3 aromatic rings. The average molecular weight is 271 g/mol. The number of aryl methyl sites for hydroxylation is 1. The second-order valence-corrected chi connectivity index (χ2v) is 5.58. The van der Waals surface area contributed by atoms with Gasteiger partial charge in [0.1, 0.15) is 0 Å². The molecule has 0 radical (unpaired) electrons. The van der Waals surface area contributed by atoms with E-state index < -0.39 is 0 Å². The van der Waals surface area contributed by atoms with Crippen molar-refractivity contribution in [2.24, 2.45) is 0 Å². The lowest BCUT2D eigenvalue weighted by Crippen LogP contribution is -2.01. The molecule has 0 aromatic carbocycles. The van der Waals surface area contributed by atoms with Gasteiger partial charge in [-0.15, -0.1) is 11.3 Å². The van der Waals surface area contributed by atoms with E-state index in [1.165, 1.54) is 11.3 Å². The molecule has 96 valence electrons. The highest BCUT2D eigenvalue weighted by atomic mass is 32.1. The summed E-state index contributed by atoms with van der Waals surface area (Å²) in [6.07, 6.45) is 1.74. The fraction of sp³-hybridized carbons (Fsp3) is 0.214. The zero-order chi connectivity index (χ0) is 13.6. The monoisotopic (exact) mass is 271 g/mol. The van der Waals surface area contributed by atoms with E-state index in [0.717, 1.165) is 32.4 Å². The van der Waals surface area contributed by atoms with Crippen molar-refractivity contribution in [3.63, 3.8) is 0 Å². The summed E-state index contributed by atoms with van der Waals surface area (Å²) in [6, 6.07) is 5.73. The summed E-state index contributed by atoms with van der Waals surface area (Å²) >= 11 is 1.50. The third kappa shape index (κ3) is 1.86. The molecule has 3 heterocycles. The molecule has 0 unspecified atom stereocenters. The number of carbonyl (C=O) groups excluding carboxylic acids is 1. The molecular weight excluding hydrogens is 258 g/mol. The molecule has 0 aliphatic heterocycles. The van der Waals surface area contributed by atoms with Crippen molar-refractivity contribution in [2.75, 3.05) is 0 Å². The number of rotatable bonds is 2. The second-order valence-electron chi connectivity index (χ2n) is 4.49. The van der Waals surface area contributed by atoms with Crippen LogP contribution < -0.4 is 0 Å². The van der Waals surface area contributed by atoms with Crippen LogP contribution in [0.2, 0.25) is 0 Å². The third-order valence-electron chi connectivity index (χ3n) is 3.20. The first kappa shape index (κ1) is 12.0. The Bertz CT molecular complexity index is 785. The van der Waals surface area contributed by atoms with Gasteiger partial charge in [0, 0.05) is 11.8 Å². The van der Waals surface area contributed by atoms with Crippen molar-refractivity contribution < 1.29 is 4.79 Å². The van der Waals surface area contributed by atoms with Gasteiger partial charge in [0.25, 0.3) is 0 Å². The molecule has 0 fully saturated rings. The summed E-state index contributed by atoms with van der Waals surface area (Å²) in [6.45, 7) is 5.61. The van der Waals surface area contributed by atoms with E-state index in [1.807, 2.05) is 36.6 Å². The number of carbonyl (C=O) groups is 1. The van der Waals surface area contributed by atoms with Crippen molar-refractivity contribution >= 4 is 22.8 Å². The van der Waals surface area contributed by atoms with Crippen molar-refractivity contribution in [1.29, 1.82) is 0 Å². The molecule has 0 N–H and O–H groups in total. The van der Waals surface area contributed by atoms with Gasteiger partial charge in [-0.25, -0.2) is 9.50 Å². The zero-order valence-electron chi connectivity index (χ0n) is 11.0. The highest BCUT2D eigenvalue weighted by molar-refractivity contribution is 7.17. The van der Waals surface area contributed by atoms with E-state index >= 15 is 0 Å². The van der Waals surface area contributed by atoms with E-state index in [1.54, 1.807) is 13.1 Å². The molecule has 19 heavy (non-hydrogen) atoms. The fourth-order valence-electron chi connectivity index (χ4n) is 2.08. The van der Waals surface area contributed by atoms with E-state index in [2.05, 4.69) is 10.1 Å². The minimum absolute atomic E-state index is 0.0939. The van der Waals surface area contributed by atoms with Crippen LogP contribution in [-0.4, -0.2) is 20.4 Å². The lowest BCUT2D eigenvalue weighted by atomic mass is 10.1. The Kier molecular flexibility index (Phi) is 2.71. The molecule has 5 heteroatoms. The van der Waals surface area contributed by atoms with Crippen molar-refractivity contribution in [3.8, 4) is 10.6 Å². The van der Waals surface area contributed by atoms with Gasteiger partial charge in [-0.05, 0) is 38.5 Å². The average Bonchev–Trinajstić information content (AvgIpc) is 2.99. The Morgan fingerprint density at radius 3 is 2.74 bits per heavy atom. The maximum absolute atomic E-state index is 11.4. The number of fused-ring (bicyclic) bond motifs is 1. The number of hydrogen-bond acceptors (Lipinski definition) is 4. The van der Waals surface area contributed by atoms with E-state index in [0.29, 0.717) is 0 Å². The predicted molar refractivity (Wildman–Crippen MR) is 75.8 cm³/mol. The quantitative estimate of drug-likeness (QED) is 0.672. The maximum atomic E-state index is 11.4. The van der Waals surface area contributed by atoms with E-state index in [-0.39, 0.29) is 5.78 Å². The maximum Gasteiger partial charge on any atom is 0.169 e. The molecule has 3 aromatic heterocycles. The first-order valence-electron chi connectivity index (χ1n) is 6.00. The van der Waals surface area contributed by atoms with Gasteiger partial charge < -0.3 is 0 Å². The van der Waals surface area contributed by atoms with Gasteiger partial charge in [0.05, 0.1) is 21.6 Å². The van der Waals surface area contributed by atoms with Crippen molar-refractivity contribution in [3.05, 3.63) is 40.5 Å². The Labute approximate surface area is 114 Å². The SMILES string of the molecule is CC(=O)c1ccc(-c2c(C)c(C)nc3ccnn23)s1. The molecular formula is C14H13N3OS. The topological polar surface area (TPSA) is 47.3 Å². The summed E-state index contributed by atoms with van der Waals surface area (Å²) < 4.78 is 1.83. The van der Waals surface area contributed by atoms with Crippen molar-refractivity contribution in [1.82, 2.24) is 14.6 Å². The lowest BCUT2D eigenvalue weighted by Gasteiger charge is -2.09. The summed E-state index contributed by atoms with van der Waals surface area (Å²) in [5.74, 6) is 0.0939. The molecule has 0 aliphatic carbocycles. The van der Waals surface area contributed by atoms with Crippen LogP contribution in [0.5, 0.6) is 0 Å². The smallest absolute Gasteiger partial charge is 0.169 e. The number of Topliss-reactive ketones (excluding diaryl/α,β-unsaturated/α-hetero) is 1. The molecule has 0 aliphatic rings. The Morgan fingerprint density at radius 1 is 1.26 bits per heavy atom. The highest BCUT2D eigenvalue weighted by Gasteiger charge is 2.15. The molecule has 0 saturated heterocycles. The minimum atomic E-state index is 0.0939. The molecule has 0 spiro atoms. The number of aromatic nitrogens is 3. The van der Waals surface area contributed by atoms with Crippen LogP contribution in [0.3, 0.4) is 0 Å².